The molecule has 0 radical (unpaired) electrons. The van der Waals surface area contributed by atoms with Crippen LogP contribution < -0.4 is 18.3 Å². The van der Waals surface area contributed by atoms with E-state index >= 15 is 0 Å². The number of benzene rings is 1. The van der Waals surface area contributed by atoms with Gasteiger partial charge >= 0.3 is 7.25 Å². The van der Waals surface area contributed by atoms with E-state index in [2.05, 4.69) is 132 Å². The quantitative estimate of drug-likeness (QED) is 0.0405. The highest BCUT2D eigenvalue weighted by Gasteiger charge is 2.25. The van der Waals surface area contributed by atoms with Crippen LogP contribution in [0.15, 0.2) is 115 Å². The highest BCUT2D eigenvalue weighted by Crippen LogP contribution is 2.34. The lowest BCUT2D eigenvalue weighted by atomic mass is 9.95. The minimum absolute atomic E-state index is 0.0666. The highest BCUT2D eigenvalue weighted by molar-refractivity contribution is 7.85. The molecule has 0 saturated carbocycles. The van der Waals surface area contributed by atoms with Gasteiger partial charge in [0.2, 0.25) is 11.4 Å². The number of unbranched alkanes of at least 4 members (excludes halogenated alkanes) is 6. The number of aryl methyl sites for hydroxylation is 5. The van der Waals surface area contributed by atoms with Crippen LogP contribution in [0.5, 0.6) is 0 Å². The molecule has 5 rings (SSSR count). The Balaban J connectivity index is 0.000000406. The van der Waals surface area contributed by atoms with Crippen molar-refractivity contribution in [2.45, 2.75) is 90.1 Å². The van der Waals surface area contributed by atoms with Gasteiger partial charge in [0.25, 0.3) is 10.1 Å². The van der Waals surface area contributed by atoms with E-state index in [9.17, 15) is 25.7 Å². The van der Waals surface area contributed by atoms with E-state index in [1.54, 1.807) is 12.1 Å². The van der Waals surface area contributed by atoms with Gasteiger partial charge in [0.1, 0.15) is 27.2 Å². The Labute approximate surface area is 318 Å². The normalized spacial score (nSPS) is 11.3. The number of aromatic nitrogens is 4. The van der Waals surface area contributed by atoms with Crippen molar-refractivity contribution in [1.29, 1.82) is 0 Å². The third-order valence-electron chi connectivity index (χ3n) is 8.84. The number of halogens is 4. The summed E-state index contributed by atoms with van der Waals surface area (Å²) in [5, 5.41) is 0. The zero-order valence-corrected chi connectivity index (χ0v) is 32.8. The Morgan fingerprint density at radius 1 is 0.574 bits per heavy atom. The van der Waals surface area contributed by atoms with Crippen LogP contribution in [0.2, 0.25) is 0 Å². The molecule has 5 aromatic rings. The van der Waals surface area contributed by atoms with Gasteiger partial charge in [-0.3, -0.25) is 4.55 Å². The summed E-state index contributed by atoms with van der Waals surface area (Å²) in [5.41, 5.74) is 8.40. The van der Waals surface area contributed by atoms with Crippen LogP contribution in [-0.2, 0) is 37.3 Å². The third kappa shape index (κ3) is 14.7. The van der Waals surface area contributed by atoms with Crippen LogP contribution in [0.25, 0.3) is 33.6 Å². The molecule has 54 heavy (non-hydrogen) atoms. The molecule has 4 aromatic heterocycles. The maximum Gasteiger partial charge on any atom is 0.673 e. The van der Waals surface area contributed by atoms with E-state index in [-0.39, 0.29) is 4.90 Å². The van der Waals surface area contributed by atoms with Gasteiger partial charge in [-0.15, -0.1) is 0 Å². The number of hydrogen-bond acceptors (Lipinski definition) is 2. The molecule has 13 heteroatoms. The topological polar surface area (TPSA) is 69.9 Å². The maximum atomic E-state index is 10.5. The van der Waals surface area contributed by atoms with Gasteiger partial charge < -0.3 is 17.3 Å². The second-order valence-electron chi connectivity index (χ2n) is 13.3. The number of hydrogen-bond donors (Lipinski definition) is 1. The van der Waals surface area contributed by atoms with Crippen LogP contribution in [0.1, 0.15) is 70.8 Å². The molecule has 0 atom stereocenters. The second kappa shape index (κ2) is 21.4. The smallest absolute Gasteiger partial charge is 0.418 e. The Bertz CT molecular complexity index is 1890. The Morgan fingerprint density at radius 2 is 0.944 bits per heavy atom. The monoisotopic (exact) mass is 769 g/mol. The van der Waals surface area contributed by atoms with Crippen molar-refractivity contribution in [1.82, 2.24) is 0 Å². The average Bonchev–Trinajstić information content (AvgIpc) is 3.12. The maximum absolute atomic E-state index is 10.5. The standard InChI is InChI=1S/C34H46N4.C7H8O3S.BF4/c1-5-7-9-11-23-37-25-17-29(18-26-37)33-31(15-13-21-35(33)3)32-16-14-22-36(4)34(32)30-19-27-38(28-20-30)24-12-10-8-6-2;1-6-2-4-7(5-3-6)11(8,9)10;2-1(3,4)5/h13-22,25-28H,5-12,23-24H2,1-4H3;2-5H,1H3,(H,8,9,10);/q+4;;-1. The van der Waals surface area contributed by atoms with Gasteiger partial charge in [0, 0.05) is 49.2 Å². The molecule has 0 amide bonds. The van der Waals surface area contributed by atoms with Crippen molar-refractivity contribution in [2.75, 3.05) is 0 Å². The minimum atomic E-state index is -6.00. The van der Waals surface area contributed by atoms with Gasteiger partial charge in [0.15, 0.2) is 37.2 Å². The highest BCUT2D eigenvalue weighted by atomic mass is 32.2. The van der Waals surface area contributed by atoms with Crippen LogP contribution in [-0.4, -0.2) is 20.2 Å². The first kappa shape index (κ1) is 43.9. The molecule has 0 fully saturated rings. The summed E-state index contributed by atoms with van der Waals surface area (Å²) in [6.07, 6.45) is 23.5. The number of rotatable bonds is 14. The lowest BCUT2D eigenvalue weighted by Gasteiger charge is -2.10. The third-order valence-corrected chi connectivity index (χ3v) is 9.71. The van der Waals surface area contributed by atoms with Gasteiger partial charge in [-0.25, -0.2) is 18.3 Å². The zero-order chi connectivity index (χ0) is 39.7. The molecule has 4 heterocycles. The summed E-state index contributed by atoms with van der Waals surface area (Å²) in [6, 6.07) is 23.9. The van der Waals surface area contributed by atoms with Crippen molar-refractivity contribution in [3.8, 4) is 33.6 Å². The largest absolute Gasteiger partial charge is 0.673 e. The SMILES string of the molecule is CCCCCC[n+]1ccc(-c2c(-c3ccc[n+](C)c3-c3cc[n+](CCCCCC)cc3)ccc[n+]2C)cc1.Cc1ccc(S(=O)(=O)O)cc1.F[B-](F)(F)F. The fourth-order valence-electron chi connectivity index (χ4n) is 6.06. The first-order valence-electron chi connectivity index (χ1n) is 18.5. The predicted octanol–water partition coefficient (Wildman–Crippen LogP) is 8.61. The summed E-state index contributed by atoms with van der Waals surface area (Å²) in [5.74, 6) is 0. The summed E-state index contributed by atoms with van der Waals surface area (Å²) in [6.45, 7) is 8.54. The summed E-state index contributed by atoms with van der Waals surface area (Å²) in [7, 11) is -5.72. The fourth-order valence-corrected chi connectivity index (χ4v) is 6.54. The predicted molar refractivity (Wildman–Crippen MR) is 205 cm³/mol. The van der Waals surface area contributed by atoms with E-state index < -0.39 is 17.4 Å². The van der Waals surface area contributed by atoms with E-state index in [0.29, 0.717) is 0 Å². The van der Waals surface area contributed by atoms with Crippen LogP contribution >= 0.6 is 0 Å². The fraction of sp³-hybridized carbons (Fsp3) is 0.366. The minimum Gasteiger partial charge on any atom is -0.418 e. The van der Waals surface area contributed by atoms with E-state index in [1.807, 2.05) is 6.92 Å². The van der Waals surface area contributed by atoms with E-state index in [0.717, 1.165) is 18.7 Å². The van der Waals surface area contributed by atoms with Crippen molar-refractivity contribution < 1.29 is 48.5 Å². The molecular formula is C41H54BF4N4O3S+3. The average molecular weight is 770 g/mol. The van der Waals surface area contributed by atoms with Gasteiger partial charge in [-0.05, 0) is 44.0 Å². The van der Waals surface area contributed by atoms with Crippen molar-refractivity contribution >= 4 is 17.4 Å². The number of pyridine rings is 4. The Morgan fingerprint density at radius 3 is 1.28 bits per heavy atom. The first-order chi connectivity index (χ1) is 25.6. The van der Waals surface area contributed by atoms with Crippen molar-refractivity contribution in [3.05, 3.63) is 116 Å². The molecule has 0 saturated heterocycles. The summed E-state index contributed by atoms with van der Waals surface area (Å²) in [4.78, 5) is -0.0666. The molecule has 7 nitrogen and oxygen atoms in total. The van der Waals surface area contributed by atoms with E-state index in [1.165, 1.54) is 97.1 Å². The zero-order valence-electron chi connectivity index (χ0n) is 32.0. The Kier molecular flexibility index (Phi) is 17.4. The molecule has 1 N–H and O–H groups in total. The van der Waals surface area contributed by atoms with Crippen LogP contribution in [0, 0.1) is 6.92 Å². The van der Waals surface area contributed by atoms with Crippen molar-refractivity contribution in [3.63, 3.8) is 0 Å². The lowest BCUT2D eigenvalue weighted by Crippen LogP contribution is -2.35. The molecule has 0 spiro atoms. The Hall–Kier alpha value is -4.49. The molecule has 0 aliphatic rings. The molecular weight excluding hydrogens is 715 g/mol. The number of nitrogens with zero attached hydrogens (tertiary/aromatic N) is 4. The summed E-state index contributed by atoms with van der Waals surface area (Å²) < 4.78 is 77.7. The van der Waals surface area contributed by atoms with Gasteiger partial charge in [0.05, 0.1) is 27.1 Å². The molecule has 0 aliphatic heterocycles. The van der Waals surface area contributed by atoms with Gasteiger partial charge in [-0.1, -0.05) is 57.2 Å². The van der Waals surface area contributed by atoms with Gasteiger partial charge in [-0.2, -0.15) is 8.42 Å². The molecule has 0 aliphatic carbocycles. The molecule has 0 bridgehead atoms. The first-order valence-corrected chi connectivity index (χ1v) is 19.9. The molecule has 1 aromatic carbocycles. The van der Waals surface area contributed by atoms with E-state index in [4.69, 9.17) is 4.55 Å². The molecule has 0 unspecified atom stereocenters. The van der Waals surface area contributed by atoms with Crippen LogP contribution in [0.3, 0.4) is 0 Å². The van der Waals surface area contributed by atoms with Crippen LogP contribution in [0.4, 0.5) is 17.3 Å². The lowest BCUT2D eigenvalue weighted by molar-refractivity contribution is -0.697. The second-order valence-corrected chi connectivity index (χ2v) is 14.7. The molecule has 290 valence electrons. The van der Waals surface area contributed by atoms with Crippen molar-refractivity contribution in [2.24, 2.45) is 14.1 Å². The summed E-state index contributed by atoms with van der Waals surface area (Å²) >= 11 is 0.